The Labute approximate surface area is 154 Å². The van der Waals surface area contributed by atoms with Crippen molar-refractivity contribution in [3.05, 3.63) is 47.6 Å². The number of piperidine rings is 1. The van der Waals surface area contributed by atoms with E-state index in [0.717, 1.165) is 18.7 Å². The first-order valence-corrected chi connectivity index (χ1v) is 9.48. The van der Waals surface area contributed by atoms with Crippen LogP contribution in [0, 0.1) is 11.8 Å². The molecule has 0 saturated carbocycles. The molecular formula is C20H28N4O2. The van der Waals surface area contributed by atoms with Gasteiger partial charge in [-0.1, -0.05) is 42.4 Å². The number of rotatable bonds is 7. The number of amides is 1. The summed E-state index contributed by atoms with van der Waals surface area (Å²) in [4.78, 5) is 16.8. The third kappa shape index (κ3) is 5.14. The number of nitrogens with zero attached hydrogens (tertiary/aromatic N) is 2. The summed E-state index contributed by atoms with van der Waals surface area (Å²) in [5.41, 5.74) is 1.13. The van der Waals surface area contributed by atoms with E-state index in [0.29, 0.717) is 36.4 Å². The summed E-state index contributed by atoms with van der Waals surface area (Å²) in [5, 5.41) is 10.4. The zero-order valence-electron chi connectivity index (χ0n) is 15.6. The number of benzene rings is 1. The van der Waals surface area contributed by atoms with Crippen molar-refractivity contribution in [2.24, 2.45) is 11.8 Å². The smallest absolute Gasteiger partial charge is 0.248 e. The molecule has 140 valence electrons. The molecular weight excluding hydrogens is 328 g/mol. The molecule has 2 heterocycles. The minimum Gasteiger partial charge on any atom is -0.345 e. The molecule has 1 amide bonds. The Balaban J connectivity index is 1.49. The largest absolute Gasteiger partial charge is 0.345 e. The van der Waals surface area contributed by atoms with Gasteiger partial charge in [0, 0.05) is 12.8 Å². The summed E-state index contributed by atoms with van der Waals surface area (Å²) >= 11 is 0. The first-order chi connectivity index (χ1) is 12.6. The van der Waals surface area contributed by atoms with Crippen LogP contribution in [0.4, 0.5) is 0 Å². The lowest BCUT2D eigenvalue weighted by Crippen LogP contribution is -2.36. The number of nitrogens with one attached hydrogen (secondary N) is 2. The van der Waals surface area contributed by atoms with Gasteiger partial charge in [0.05, 0.1) is 0 Å². The first-order valence-electron chi connectivity index (χ1n) is 9.48. The fourth-order valence-electron chi connectivity index (χ4n) is 3.48. The summed E-state index contributed by atoms with van der Waals surface area (Å²) in [6, 6.07) is 9.74. The molecule has 2 aromatic rings. The lowest BCUT2D eigenvalue weighted by atomic mass is 9.85. The van der Waals surface area contributed by atoms with Crippen molar-refractivity contribution in [3.63, 3.8) is 0 Å². The first kappa shape index (κ1) is 18.6. The van der Waals surface area contributed by atoms with Crippen LogP contribution in [0.2, 0.25) is 0 Å². The highest BCUT2D eigenvalue weighted by Crippen LogP contribution is 2.23. The lowest BCUT2D eigenvalue weighted by Gasteiger charge is -2.28. The minimum absolute atomic E-state index is 0.0402. The summed E-state index contributed by atoms with van der Waals surface area (Å²) in [5.74, 6) is 2.07. The standard InChI is InChI=1S/C20H28N4O2/c1-14(17-9-6-10-21-13-17)11-19(25)22-15(2)20-23-18(24-26-20)12-16-7-4-3-5-8-16/h3-5,7-8,14-15,17,21H,6,9-13H2,1-2H3,(H,22,25). The van der Waals surface area contributed by atoms with Crippen molar-refractivity contribution in [3.8, 4) is 0 Å². The maximum atomic E-state index is 12.4. The van der Waals surface area contributed by atoms with Crippen LogP contribution in [0.3, 0.4) is 0 Å². The Morgan fingerprint density at radius 2 is 2.15 bits per heavy atom. The lowest BCUT2D eigenvalue weighted by molar-refractivity contribution is -0.123. The molecule has 1 saturated heterocycles. The van der Waals surface area contributed by atoms with Crippen molar-refractivity contribution in [1.29, 1.82) is 0 Å². The van der Waals surface area contributed by atoms with Gasteiger partial charge >= 0.3 is 0 Å². The van der Waals surface area contributed by atoms with Gasteiger partial charge in [0.15, 0.2) is 5.82 Å². The molecule has 3 unspecified atom stereocenters. The van der Waals surface area contributed by atoms with Gasteiger partial charge in [0.1, 0.15) is 6.04 Å². The van der Waals surface area contributed by atoms with Crippen LogP contribution in [0.5, 0.6) is 0 Å². The monoisotopic (exact) mass is 356 g/mol. The molecule has 1 fully saturated rings. The molecule has 0 radical (unpaired) electrons. The second kappa shape index (κ2) is 8.94. The minimum atomic E-state index is -0.281. The molecule has 1 aliphatic heterocycles. The third-order valence-electron chi connectivity index (χ3n) is 5.08. The van der Waals surface area contributed by atoms with Gasteiger partial charge in [-0.15, -0.1) is 0 Å². The van der Waals surface area contributed by atoms with E-state index >= 15 is 0 Å². The number of carbonyl (C=O) groups is 1. The molecule has 6 heteroatoms. The second-order valence-electron chi connectivity index (χ2n) is 7.29. The number of aromatic nitrogens is 2. The highest BCUT2D eigenvalue weighted by molar-refractivity contribution is 5.76. The zero-order chi connectivity index (χ0) is 18.4. The Hall–Kier alpha value is -2.21. The van der Waals surface area contributed by atoms with E-state index < -0.39 is 0 Å². The van der Waals surface area contributed by atoms with Gasteiger partial charge in [-0.2, -0.15) is 4.98 Å². The van der Waals surface area contributed by atoms with Crippen molar-refractivity contribution < 1.29 is 9.32 Å². The molecule has 0 spiro atoms. The second-order valence-corrected chi connectivity index (χ2v) is 7.29. The number of carbonyl (C=O) groups excluding carboxylic acids is 1. The van der Waals surface area contributed by atoms with Crippen LogP contribution >= 0.6 is 0 Å². The molecule has 26 heavy (non-hydrogen) atoms. The van der Waals surface area contributed by atoms with E-state index in [9.17, 15) is 4.79 Å². The van der Waals surface area contributed by atoms with E-state index in [2.05, 4.69) is 27.7 Å². The van der Waals surface area contributed by atoms with Crippen LogP contribution in [0.25, 0.3) is 0 Å². The average molecular weight is 356 g/mol. The molecule has 1 aliphatic rings. The Morgan fingerprint density at radius 3 is 2.88 bits per heavy atom. The van der Waals surface area contributed by atoms with Crippen molar-refractivity contribution in [1.82, 2.24) is 20.8 Å². The average Bonchev–Trinajstić information content (AvgIpc) is 3.12. The van der Waals surface area contributed by atoms with Gasteiger partial charge in [0.2, 0.25) is 11.8 Å². The summed E-state index contributed by atoms with van der Waals surface area (Å²) in [6.45, 7) is 6.14. The van der Waals surface area contributed by atoms with E-state index in [1.54, 1.807) is 0 Å². The maximum absolute atomic E-state index is 12.4. The summed E-state index contributed by atoms with van der Waals surface area (Å²) in [6.07, 6.45) is 3.54. The predicted molar refractivity (Wildman–Crippen MR) is 99.5 cm³/mol. The Morgan fingerprint density at radius 1 is 1.35 bits per heavy atom. The van der Waals surface area contributed by atoms with Gasteiger partial charge in [0.25, 0.3) is 0 Å². The van der Waals surface area contributed by atoms with Gasteiger partial charge < -0.3 is 15.2 Å². The van der Waals surface area contributed by atoms with Gasteiger partial charge in [-0.3, -0.25) is 4.79 Å². The summed E-state index contributed by atoms with van der Waals surface area (Å²) < 4.78 is 5.33. The van der Waals surface area contributed by atoms with Gasteiger partial charge in [-0.25, -0.2) is 0 Å². The fourth-order valence-corrected chi connectivity index (χ4v) is 3.48. The molecule has 1 aromatic heterocycles. The van der Waals surface area contributed by atoms with Crippen LogP contribution < -0.4 is 10.6 Å². The normalized spacial score (nSPS) is 19.7. The molecule has 0 aliphatic carbocycles. The topological polar surface area (TPSA) is 80.0 Å². The molecule has 3 atom stereocenters. The fraction of sp³-hybridized carbons (Fsp3) is 0.550. The highest BCUT2D eigenvalue weighted by atomic mass is 16.5. The maximum Gasteiger partial charge on any atom is 0.248 e. The predicted octanol–water partition coefficient (Wildman–Crippen LogP) is 2.86. The van der Waals surface area contributed by atoms with E-state index in [4.69, 9.17) is 4.52 Å². The quantitative estimate of drug-likeness (QED) is 0.797. The van der Waals surface area contributed by atoms with E-state index in [1.165, 1.54) is 12.8 Å². The van der Waals surface area contributed by atoms with Crippen LogP contribution in [0.1, 0.15) is 56.4 Å². The third-order valence-corrected chi connectivity index (χ3v) is 5.08. The molecule has 2 N–H and O–H groups in total. The Bertz CT molecular complexity index is 695. The Kier molecular flexibility index (Phi) is 6.39. The molecule has 3 rings (SSSR count). The number of hydrogen-bond donors (Lipinski definition) is 2. The summed E-state index contributed by atoms with van der Waals surface area (Å²) in [7, 11) is 0. The molecule has 0 bridgehead atoms. The molecule has 1 aromatic carbocycles. The van der Waals surface area contributed by atoms with Crippen LogP contribution in [-0.4, -0.2) is 29.1 Å². The number of hydrogen-bond acceptors (Lipinski definition) is 5. The van der Waals surface area contributed by atoms with Gasteiger partial charge in [-0.05, 0) is 50.3 Å². The highest BCUT2D eigenvalue weighted by Gasteiger charge is 2.23. The van der Waals surface area contributed by atoms with E-state index in [1.807, 2.05) is 37.3 Å². The van der Waals surface area contributed by atoms with Crippen LogP contribution in [0.15, 0.2) is 34.9 Å². The zero-order valence-corrected chi connectivity index (χ0v) is 15.6. The van der Waals surface area contributed by atoms with Crippen LogP contribution in [-0.2, 0) is 11.2 Å². The van der Waals surface area contributed by atoms with Crippen molar-refractivity contribution in [2.45, 2.75) is 45.6 Å². The van der Waals surface area contributed by atoms with Crippen molar-refractivity contribution >= 4 is 5.91 Å². The van der Waals surface area contributed by atoms with E-state index in [-0.39, 0.29) is 11.9 Å². The SMILES string of the molecule is CC(NC(=O)CC(C)C1CCCNC1)c1nc(Cc2ccccc2)no1. The van der Waals surface area contributed by atoms with Crippen molar-refractivity contribution in [2.75, 3.05) is 13.1 Å². The molecule has 6 nitrogen and oxygen atoms in total.